The number of hydrogen-bond donors (Lipinski definition) is 2. The average Bonchev–Trinajstić information content (AvgIpc) is 2.38. The van der Waals surface area contributed by atoms with Crippen LogP contribution in [0, 0.1) is 5.92 Å². The van der Waals surface area contributed by atoms with Crippen LogP contribution < -0.4 is 15.4 Å². The molecule has 0 saturated carbocycles. The molecule has 1 amide bonds. The van der Waals surface area contributed by atoms with Gasteiger partial charge in [-0.3, -0.25) is 4.79 Å². The van der Waals surface area contributed by atoms with Gasteiger partial charge < -0.3 is 15.4 Å². The molecular weight excluding hydrogens is 240 g/mol. The lowest BCUT2D eigenvalue weighted by Gasteiger charge is -2.16. The summed E-state index contributed by atoms with van der Waals surface area (Å²) >= 11 is 0. The second-order valence-corrected chi connectivity index (χ2v) is 5.07. The Balaban J connectivity index is 2.44. The highest BCUT2D eigenvalue weighted by atomic mass is 16.5. The third-order valence-corrected chi connectivity index (χ3v) is 2.87. The summed E-state index contributed by atoms with van der Waals surface area (Å²) in [6.07, 6.45) is 0.998. The highest BCUT2D eigenvalue weighted by molar-refractivity contribution is 5.84. The largest absolute Gasteiger partial charge is 0.497 e. The summed E-state index contributed by atoms with van der Waals surface area (Å²) in [4.78, 5) is 11.9. The monoisotopic (exact) mass is 264 g/mol. The molecule has 1 atom stereocenters. The molecule has 0 fully saturated rings. The van der Waals surface area contributed by atoms with Crippen LogP contribution in [0.4, 0.5) is 5.69 Å². The molecule has 0 spiro atoms. The quantitative estimate of drug-likeness (QED) is 0.796. The molecule has 0 saturated heterocycles. The molecule has 0 radical (unpaired) electrons. The zero-order valence-corrected chi connectivity index (χ0v) is 12.2. The molecule has 1 aromatic rings. The summed E-state index contributed by atoms with van der Waals surface area (Å²) in [5.41, 5.74) is 0.880. The molecule has 0 aliphatic carbocycles. The highest BCUT2D eigenvalue weighted by Crippen LogP contribution is 2.17. The Hall–Kier alpha value is -1.71. The van der Waals surface area contributed by atoms with Gasteiger partial charge in [0.25, 0.3) is 0 Å². The normalized spacial score (nSPS) is 12.1. The zero-order chi connectivity index (χ0) is 14.3. The van der Waals surface area contributed by atoms with Crippen molar-refractivity contribution in [1.82, 2.24) is 5.32 Å². The van der Waals surface area contributed by atoms with Gasteiger partial charge in [0.2, 0.25) is 5.91 Å². The first-order valence-corrected chi connectivity index (χ1v) is 6.71. The molecule has 1 unspecified atom stereocenters. The van der Waals surface area contributed by atoms with Crippen LogP contribution >= 0.6 is 0 Å². The van der Waals surface area contributed by atoms with Gasteiger partial charge in [0, 0.05) is 18.3 Å². The van der Waals surface area contributed by atoms with Crippen molar-refractivity contribution in [3.63, 3.8) is 0 Å². The lowest BCUT2D eigenvalue weighted by Crippen LogP contribution is -2.38. The zero-order valence-electron chi connectivity index (χ0n) is 12.2. The Morgan fingerprint density at radius 2 is 2.05 bits per heavy atom. The Bertz CT molecular complexity index is 405. The van der Waals surface area contributed by atoms with Crippen molar-refractivity contribution < 1.29 is 9.53 Å². The van der Waals surface area contributed by atoms with E-state index in [2.05, 4.69) is 24.5 Å². The fourth-order valence-corrected chi connectivity index (χ4v) is 1.67. The van der Waals surface area contributed by atoms with E-state index < -0.39 is 0 Å². The van der Waals surface area contributed by atoms with E-state index in [0.717, 1.165) is 24.4 Å². The number of benzene rings is 1. The Morgan fingerprint density at radius 1 is 1.32 bits per heavy atom. The molecule has 0 aliphatic rings. The van der Waals surface area contributed by atoms with Gasteiger partial charge in [-0.2, -0.15) is 0 Å². The minimum absolute atomic E-state index is 0.0171. The topological polar surface area (TPSA) is 50.4 Å². The van der Waals surface area contributed by atoms with E-state index >= 15 is 0 Å². The molecule has 1 rings (SSSR count). The van der Waals surface area contributed by atoms with Crippen molar-refractivity contribution in [1.29, 1.82) is 0 Å². The third-order valence-electron chi connectivity index (χ3n) is 2.87. The van der Waals surface area contributed by atoms with Gasteiger partial charge >= 0.3 is 0 Å². The van der Waals surface area contributed by atoms with E-state index in [0.29, 0.717) is 5.92 Å². The second-order valence-electron chi connectivity index (χ2n) is 5.07. The molecule has 19 heavy (non-hydrogen) atoms. The smallest absolute Gasteiger partial charge is 0.242 e. The summed E-state index contributed by atoms with van der Waals surface area (Å²) in [5.74, 6) is 1.39. The Morgan fingerprint density at radius 3 is 2.68 bits per heavy atom. The number of nitrogens with one attached hydrogen (secondary N) is 2. The van der Waals surface area contributed by atoms with E-state index in [4.69, 9.17) is 4.74 Å². The Kier molecular flexibility index (Phi) is 6.19. The fraction of sp³-hybridized carbons (Fsp3) is 0.533. The number of rotatable bonds is 7. The lowest BCUT2D eigenvalue weighted by molar-refractivity contribution is -0.121. The number of ether oxygens (including phenoxy) is 1. The van der Waals surface area contributed by atoms with Crippen molar-refractivity contribution in [2.24, 2.45) is 5.92 Å². The van der Waals surface area contributed by atoms with E-state index in [1.807, 2.05) is 31.2 Å². The van der Waals surface area contributed by atoms with Crippen molar-refractivity contribution in [3.05, 3.63) is 24.3 Å². The van der Waals surface area contributed by atoms with E-state index in [1.54, 1.807) is 7.11 Å². The van der Waals surface area contributed by atoms with Gasteiger partial charge in [-0.15, -0.1) is 0 Å². The van der Waals surface area contributed by atoms with Crippen LogP contribution in [0.5, 0.6) is 5.75 Å². The molecule has 4 heteroatoms. The lowest BCUT2D eigenvalue weighted by atomic mass is 10.1. The van der Waals surface area contributed by atoms with Crippen molar-refractivity contribution in [3.8, 4) is 5.75 Å². The van der Waals surface area contributed by atoms with Crippen LogP contribution in [0.2, 0.25) is 0 Å². The molecule has 0 heterocycles. The van der Waals surface area contributed by atoms with Gasteiger partial charge in [0.15, 0.2) is 0 Å². The molecule has 4 nitrogen and oxygen atoms in total. The number of anilines is 1. The Labute approximate surface area is 115 Å². The van der Waals surface area contributed by atoms with Crippen LogP contribution in [0.15, 0.2) is 24.3 Å². The average molecular weight is 264 g/mol. The third kappa shape index (κ3) is 5.64. The summed E-state index contributed by atoms with van der Waals surface area (Å²) < 4.78 is 5.15. The number of amides is 1. The van der Waals surface area contributed by atoms with Crippen molar-refractivity contribution >= 4 is 11.6 Å². The van der Waals surface area contributed by atoms with Crippen LogP contribution in [0.1, 0.15) is 27.2 Å². The molecule has 0 aliphatic heterocycles. The van der Waals surface area contributed by atoms with Crippen molar-refractivity contribution in [2.75, 3.05) is 19.0 Å². The molecule has 1 aromatic carbocycles. The van der Waals surface area contributed by atoms with E-state index in [9.17, 15) is 4.79 Å². The van der Waals surface area contributed by atoms with Crippen LogP contribution in [0.25, 0.3) is 0 Å². The van der Waals surface area contributed by atoms with Crippen LogP contribution in [-0.2, 0) is 4.79 Å². The summed E-state index contributed by atoms with van der Waals surface area (Å²) in [5, 5.41) is 6.09. The molecular formula is C15H24N2O2. The predicted molar refractivity (Wildman–Crippen MR) is 78.5 cm³/mol. The maximum absolute atomic E-state index is 11.9. The van der Waals surface area contributed by atoms with Gasteiger partial charge in [0.05, 0.1) is 7.11 Å². The van der Waals surface area contributed by atoms with Gasteiger partial charge in [-0.1, -0.05) is 19.9 Å². The first kappa shape index (κ1) is 15.3. The maximum Gasteiger partial charge on any atom is 0.242 e. The minimum Gasteiger partial charge on any atom is -0.497 e. The SMILES string of the molecule is COc1cccc(NC(C)C(=O)NCCC(C)C)c1. The van der Waals surface area contributed by atoms with Crippen LogP contribution in [-0.4, -0.2) is 25.6 Å². The highest BCUT2D eigenvalue weighted by Gasteiger charge is 2.12. The van der Waals surface area contributed by atoms with E-state index in [1.165, 1.54) is 0 Å². The first-order valence-electron chi connectivity index (χ1n) is 6.71. The number of methoxy groups -OCH3 is 1. The number of carbonyl (C=O) groups is 1. The van der Waals surface area contributed by atoms with Crippen LogP contribution in [0.3, 0.4) is 0 Å². The maximum atomic E-state index is 11.9. The molecule has 0 bridgehead atoms. The standard InChI is InChI=1S/C15H24N2O2/c1-11(2)8-9-16-15(18)12(3)17-13-6-5-7-14(10-13)19-4/h5-7,10-12,17H,8-9H2,1-4H3,(H,16,18). The summed E-state index contributed by atoms with van der Waals surface area (Å²) in [6, 6.07) is 7.29. The van der Waals surface area contributed by atoms with Gasteiger partial charge in [-0.05, 0) is 31.4 Å². The predicted octanol–water partition coefficient (Wildman–Crippen LogP) is 2.66. The molecule has 106 valence electrons. The summed E-state index contributed by atoms with van der Waals surface area (Å²) in [7, 11) is 1.63. The number of carbonyl (C=O) groups excluding carboxylic acids is 1. The molecule has 2 N–H and O–H groups in total. The molecule has 0 aromatic heterocycles. The van der Waals surface area contributed by atoms with Gasteiger partial charge in [0.1, 0.15) is 11.8 Å². The minimum atomic E-state index is -0.265. The van der Waals surface area contributed by atoms with Gasteiger partial charge in [-0.25, -0.2) is 0 Å². The van der Waals surface area contributed by atoms with E-state index in [-0.39, 0.29) is 11.9 Å². The summed E-state index contributed by atoms with van der Waals surface area (Å²) in [6.45, 7) is 6.86. The fourth-order valence-electron chi connectivity index (χ4n) is 1.67. The second kappa shape index (κ2) is 7.67. The number of hydrogen-bond acceptors (Lipinski definition) is 3. The first-order chi connectivity index (χ1) is 9.02. The van der Waals surface area contributed by atoms with Crippen molar-refractivity contribution in [2.45, 2.75) is 33.2 Å².